The van der Waals surface area contributed by atoms with Gasteiger partial charge in [-0.2, -0.15) is 0 Å². The first-order valence-electron chi connectivity index (χ1n) is 8.46. The van der Waals surface area contributed by atoms with Gasteiger partial charge in [-0.1, -0.05) is 77.6 Å². The molecule has 3 nitrogen and oxygen atoms in total. The Hall–Kier alpha value is -1.46. The molecular formula is C20H29NO2Si. The largest absolute Gasteiger partial charge is 0.385 e. The molecule has 0 amide bonds. The number of methoxy groups -OCH3 is 2. The maximum Gasteiger partial charge on any atom is 0.135 e. The molecule has 0 fully saturated rings. The Morgan fingerprint density at radius 1 is 0.792 bits per heavy atom. The van der Waals surface area contributed by atoms with E-state index >= 15 is 0 Å². The molecule has 0 aliphatic heterocycles. The third kappa shape index (κ3) is 3.78. The number of hydrogen-bond acceptors (Lipinski definition) is 3. The molecule has 0 atom stereocenters. The molecule has 2 N–H and O–H groups in total. The first kappa shape index (κ1) is 18.9. The lowest BCUT2D eigenvalue weighted by Gasteiger charge is -2.46. The van der Waals surface area contributed by atoms with Gasteiger partial charge in [0, 0.05) is 32.6 Å². The van der Waals surface area contributed by atoms with Crippen molar-refractivity contribution in [1.82, 2.24) is 0 Å². The van der Waals surface area contributed by atoms with E-state index in [-0.39, 0.29) is 5.16 Å². The SMILES string of the molecule is COCCC(N)(CCOC)[Si](C)(c1ccccc1)c1ccccc1. The number of nitrogens with two attached hydrogens (primary N) is 1. The molecule has 4 heteroatoms. The van der Waals surface area contributed by atoms with Crippen LogP contribution in [-0.2, 0) is 9.47 Å². The van der Waals surface area contributed by atoms with E-state index in [9.17, 15) is 0 Å². The van der Waals surface area contributed by atoms with Crippen molar-refractivity contribution in [3.05, 3.63) is 60.7 Å². The summed E-state index contributed by atoms with van der Waals surface area (Å²) in [6, 6.07) is 21.4. The van der Waals surface area contributed by atoms with Crippen LogP contribution in [0.3, 0.4) is 0 Å². The molecule has 0 radical (unpaired) electrons. The molecular weight excluding hydrogens is 314 g/mol. The summed E-state index contributed by atoms with van der Waals surface area (Å²) >= 11 is 0. The fourth-order valence-electron chi connectivity index (χ4n) is 3.48. The summed E-state index contributed by atoms with van der Waals surface area (Å²) in [6.07, 6.45) is 1.64. The second-order valence-corrected chi connectivity index (χ2v) is 10.9. The summed E-state index contributed by atoms with van der Waals surface area (Å²) < 4.78 is 10.8. The summed E-state index contributed by atoms with van der Waals surface area (Å²) in [4.78, 5) is 0. The highest BCUT2D eigenvalue weighted by atomic mass is 28.3. The van der Waals surface area contributed by atoms with Crippen LogP contribution in [0.2, 0.25) is 6.55 Å². The lowest BCUT2D eigenvalue weighted by atomic mass is 10.1. The first-order valence-corrected chi connectivity index (χ1v) is 11.0. The Labute approximate surface area is 146 Å². The summed E-state index contributed by atoms with van der Waals surface area (Å²) in [7, 11) is 1.26. The molecule has 130 valence electrons. The van der Waals surface area contributed by atoms with Crippen molar-refractivity contribution in [2.45, 2.75) is 24.6 Å². The van der Waals surface area contributed by atoms with Crippen molar-refractivity contribution in [3.8, 4) is 0 Å². The molecule has 0 aliphatic carbocycles. The molecule has 2 aromatic carbocycles. The Balaban J connectivity index is 2.58. The van der Waals surface area contributed by atoms with Gasteiger partial charge in [-0.25, -0.2) is 0 Å². The minimum Gasteiger partial charge on any atom is -0.385 e. The van der Waals surface area contributed by atoms with Crippen LogP contribution in [0.4, 0.5) is 0 Å². The van der Waals surface area contributed by atoms with Gasteiger partial charge in [0.2, 0.25) is 0 Å². The van der Waals surface area contributed by atoms with Crippen molar-refractivity contribution in [2.24, 2.45) is 5.73 Å². The van der Waals surface area contributed by atoms with Crippen LogP contribution in [0.15, 0.2) is 60.7 Å². The van der Waals surface area contributed by atoms with Gasteiger partial charge in [-0.3, -0.25) is 0 Å². The van der Waals surface area contributed by atoms with Crippen LogP contribution in [0.25, 0.3) is 0 Å². The Morgan fingerprint density at radius 2 is 1.17 bits per heavy atom. The van der Waals surface area contributed by atoms with Gasteiger partial charge >= 0.3 is 0 Å². The van der Waals surface area contributed by atoms with Crippen LogP contribution in [0.5, 0.6) is 0 Å². The molecule has 0 unspecified atom stereocenters. The summed E-state index contributed by atoms with van der Waals surface area (Å²) in [5.41, 5.74) is 7.11. The Morgan fingerprint density at radius 3 is 1.50 bits per heavy atom. The first-order chi connectivity index (χ1) is 11.6. The number of benzene rings is 2. The molecule has 24 heavy (non-hydrogen) atoms. The van der Waals surface area contributed by atoms with Gasteiger partial charge in [-0.15, -0.1) is 0 Å². The van der Waals surface area contributed by atoms with Crippen molar-refractivity contribution in [2.75, 3.05) is 27.4 Å². The third-order valence-corrected chi connectivity index (χ3v) is 10.7. The molecule has 0 aliphatic rings. The molecule has 0 saturated heterocycles. The summed E-state index contributed by atoms with van der Waals surface area (Å²) in [5.74, 6) is 0. The van der Waals surface area contributed by atoms with E-state index in [1.807, 2.05) is 0 Å². The predicted molar refractivity (Wildman–Crippen MR) is 104 cm³/mol. The maximum atomic E-state index is 7.11. The Kier molecular flexibility index (Phi) is 6.75. The zero-order chi connectivity index (χ0) is 17.5. The number of rotatable bonds is 9. The van der Waals surface area contributed by atoms with Crippen molar-refractivity contribution in [3.63, 3.8) is 0 Å². The topological polar surface area (TPSA) is 44.5 Å². The molecule has 0 aromatic heterocycles. The van der Waals surface area contributed by atoms with Gasteiger partial charge < -0.3 is 15.2 Å². The fraction of sp³-hybridized carbons (Fsp3) is 0.400. The minimum absolute atomic E-state index is 0.346. The van der Waals surface area contributed by atoms with Crippen LogP contribution in [-0.4, -0.2) is 40.7 Å². The van der Waals surface area contributed by atoms with Crippen LogP contribution < -0.4 is 16.1 Å². The third-order valence-electron chi connectivity index (χ3n) is 5.20. The summed E-state index contributed by atoms with van der Waals surface area (Å²) in [6.45, 7) is 3.69. The standard InChI is InChI=1S/C20H29NO2Si/c1-22-16-14-20(21,15-17-23-2)24(3,18-10-6-4-7-11-18)19-12-8-5-9-13-19/h4-13H,14-17,21H2,1-3H3. The van der Waals surface area contributed by atoms with Crippen molar-refractivity contribution >= 4 is 18.4 Å². The highest BCUT2D eigenvalue weighted by Gasteiger charge is 2.49. The van der Waals surface area contributed by atoms with E-state index < -0.39 is 8.07 Å². The maximum absolute atomic E-state index is 7.11. The zero-order valence-electron chi connectivity index (χ0n) is 15.0. The van der Waals surface area contributed by atoms with E-state index in [2.05, 4.69) is 67.2 Å². The summed E-state index contributed by atoms with van der Waals surface area (Å²) in [5, 5.41) is 2.36. The molecule has 2 rings (SSSR count). The monoisotopic (exact) mass is 343 g/mol. The van der Waals surface area contributed by atoms with Gasteiger partial charge in [0.1, 0.15) is 8.07 Å². The highest BCUT2D eigenvalue weighted by Crippen LogP contribution is 2.26. The second-order valence-electron chi connectivity index (χ2n) is 6.50. The van der Waals surface area contributed by atoms with Crippen molar-refractivity contribution < 1.29 is 9.47 Å². The Bertz CT molecular complexity index is 556. The molecule has 0 heterocycles. The minimum atomic E-state index is -2.21. The average molecular weight is 344 g/mol. The predicted octanol–water partition coefficient (Wildman–Crippen LogP) is 2.19. The zero-order valence-corrected chi connectivity index (χ0v) is 16.0. The quantitative estimate of drug-likeness (QED) is 0.710. The average Bonchev–Trinajstić information content (AvgIpc) is 2.65. The van der Waals surface area contributed by atoms with Gasteiger partial charge in [-0.05, 0) is 12.8 Å². The smallest absolute Gasteiger partial charge is 0.135 e. The molecule has 0 saturated carbocycles. The van der Waals surface area contributed by atoms with Crippen LogP contribution in [0.1, 0.15) is 12.8 Å². The van der Waals surface area contributed by atoms with E-state index in [4.69, 9.17) is 15.2 Å². The lowest BCUT2D eigenvalue weighted by molar-refractivity contribution is 0.153. The van der Waals surface area contributed by atoms with Crippen LogP contribution >= 0.6 is 0 Å². The van der Waals surface area contributed by atoms with E-state index in [1.54, 1.807) is 14.2 Å². The highest BCUT2D eigenvalue weighted by molar-refractivity contribution is 7.03. The second kappa shape index (κ2) is 8.58. The van der Waals surface area contributed by atoms with Crippen LogP contribution in [0, 0.1) is 0 Å². The molecule has 2 aromatic rings. The van der Waals surface area contributed by atoms with Gasteiger partial charge in [0.25, 0.3) is 0 Å². The number of hydrogen-bond donors (Lipinski definition) is 1. The lowest BCUT2D eigenvalue weighted by Crippen LogP contribution is -2.75. The van der Waals surface area contributed by atoms with Gasteiger partial charge in [0.05, 0.1) is 0 Å². The van der Waals surface area contributed by atoms with E-state index in [1.165, 1.54) is 10.4 Å². The van der Waals surface area contributed by atoms with Gasteiger partial charge in [0.15, 0.2) is 0 Å². The fourth-order valence-corrected chi connectivity index (χ4v) is 7.88. The van der Waals surface area contributed by atoms with E-state index in [0.29, 0.717) is 13.2 Å². The van der Waals surface area contributed by atoms with E-state index in [0.717, 1.165) is 12.8 Å². The van der Waals surface area contributed by atoms with Crippen molar-refractivity contribution in [1.29, 1.82) is 0 Å². The molecule has 0 bridgehead atoms. The molecule has 0 spiro atoms. The normalized spacial score (nSPS) is 12.3. The number of ether oxygens (including phenoxy) is 2.